The Morgan fingerprint density at radius 2 is 1.75 bits per heavy atom. The molecule has 2 aromatic rings. The summed E-state index contributed by atoms with van der Waals surface area (Å²) in [6, 6.07) is 15.6. The lowest BCUT2D eigenvalue weighted by Gasteiger charge is -2.23. The number of para-hydroxylation sites is 1. The van der Waals surface area contributed by atoms with E-state index in [0.29, 0.717) is 12.2 Å². The summed E-state index contributed by atoms with van der Waals surface area (Å²) in [6.45, 7) is 4.23. The molecule has 0 fully saturated rings. The average molecular weight is 421 g/mol. The molecule has 7 heteroatoms. The highest BCUT2D eigenvalue weighted by Crippen LogP contribution is 2.21. The Bertz CT molecular complexity index is 881. The summed E-state index contributed by atoms with van der Waals surface area (Å²) in [5, 5.41) is 2.82. The zero-order valence-corrected chi connectivity index (χ0v) is 18.3. The summed E-state index contributed by atoms with van der Waals surface area (Å²) in [6.07, 6.45) is 1.96. The topological polar surface area (TPSA) is 66.5 Å². The molecule has 1 N–H and O–H groups in total. The van der Waals surface area contributed by atoms with Crippen LogP contribution in [-0.4, -0.2) is 39.4 Å². The van der Waals surface area contributed by atoms with E-state index < -0.39 is 10.0 Å². The van der Waals surface area contributed by atoms with Gasteiger partial charge < -0.3 is 5.32 Å². The van der Waals surface area contributed by atoms with Gasteiger partial charge in [-0.2, -0.15) is 11.8 Å². The summed E-state index contributed by atoms with van der Waals surface area (Å²) < 4.78 is 25.4. The van der Waals surface area contributed by atoms with Crippen molar-refractivity contribution in [3.63, 3.8) is 0 Å². The second-order valence-electron chi connectivity index (χ2n) is 6.80. The van der Waals surface area contributed by atoms with E-state index in [-0.39, 0.29) is 12.5 Å². The van der Waals surface area contributed by atoms with Gasteiger partial charge in [0.2, 0.25) is 15.9 Å². The number of thioether (sulfide) groups is 1. The Hall–Kier alpha value is -1.99. The van der Waals surface area contributed by atoms with Crippen molar-refractivity contribution in [2.45, 2.75) is 26.0 Å². The van der Waals surface area contributed by atoms with E-state index in [0.717, 1.165) is 34.1 Å². The first-order valence-electron chi connectivity index (χ1n) is 9.20. The zero-order chi connectivity index (χ0) is 20.6. The number of benzene rings is 2. The van der Waals surface area contributed by atoms with Crippen LogP contribution in [0.3, 0.4) is 0 Å². The molecule has 2 aromatic carbocycles. The second kappa shape index (κ2) is 10.5. The highest BCUT2D eigenvalue weighted by molar-refractivity contribution is 7.98. The minimum atomic E-state index is -3.54. The second-order valence-corrected chi connectivity index (χ2v) is 9.81. The molecular formula is C21H28N2O3S2. The molecule has 0 aromatic heterocycles. The van der Waals surface area contributed by atoms with Crippen LogP contribution in [0.25, 0.3) is 0 Å². The molecule has 0 heterocycles. The third-order valence-corrected chi connectivity index (χ3v) is 6.49. The Balaban J connectivity index is 1.76. The largest absolute Gasteiger partial charge is 0.354 e. The fourth-order valence-electron chi connectivity index (χ4n) is 2.69. The zero-order valence-electron chi connectivity index (χ0n) is 16.6. The summed E-state index contributed by atoms with van der Waals surface area (Å²) >= 11 is 1.82. The molecule has 28 heavy (non-hydrogen) atoms. The third-order valence-electron chi connectivity index (χ3n) is 4.25. The van der Waals surface area contributed by atoms with Gasteiger partial charge in [-0.15, -0.1) is 0 Å². The maximum Gasteiger partial charge on any atom is 0.240 e. The highest BCUT2D eigenvalue weighted by Gasteiger charge is 2.21. The van der Waals surface area contributed by atoms with Crippen LogP contribution in [0.4, 0.5) is 5.69 Å². The maximum atomic E-state index is 12.2. The molecule has 152 valence electrons. The number of hydrogen-bond acceptors (Lipinski definition) is 4. The van der Waals surface area contributed by atoms with E-state index in [1.807, 2.05) is 30.8 Å². The normalized spacial score (nSPS) is 11.2. The van der Waals surface area contributed by atoms with Gasteiger partial charge in [0, 0.05) is 12.3 Å². The Morgan fingerprint density at radius 3 is 2.39 bits per heavy atom. The molecule has 0 aliphatic rings. The number of nitrogens with zero attached hydrogens (tertiary/aromatic N) is 1. The monoisotopic (exact) mass is 420 g/mol. The predicted octanol–water partition coefficient (Wildman–Crippen LogP) is 3.51. The standard InChI is InChI=1S/C21H28N2O3S2/c1-17-9-11-19(12-10-17)16-27-14-6-13-22-21(24)15-23(28(3,25)26)20-8-5-4-7-18(20)2/h4-5,7-12H,6,13-16H2,1-3H3,(H,22,24). The van der Waals surface area contributed by atoms with Gasteiger partial charge in [-0.3, -0.25) is 9.10 Å². The lowest BCUT2D eigenvalue weighted by molar-refractivity contribution is -0.119. The maximum absolute atomic E-state index is 12.2. The molecule has 2 rings (SSSR count). The van der Waals surface area contributed by atoms with Crippen LogP contribution in [0.15, 0.2) is 48.5 Å². The van der Waals surface area contributed by atoms with Crippen molar-refractivity contribution in [2.75, 3.05) is 29.4 Å². The fourth-order valence-corrected chi connectivity index (χ4v) is 4.52. The third kappa shape index (κ3) is 7.20. The van der Waals surface area contributed by atoms with Crippen LogP contribution in [0.5, 0.6) is 0 Å². The number of amides is 1. The number of carbonyl (C=O) groups is 1. The number of sulfonamides is 1. The molecular weight excluding hydrogens is 392 g/mol. The molecule has 1 amide bonds. The van der Waals surface area contributed by atoms with E-state index in [2.05, 4.69) is 36.5 Å². The van der Waals surface area contributed by atoms with Gasteiger partial charge in [0.05, 0.1) is 11.9 Å². The SMILES string of the molecule is Cc1ccc(CSCCCNC(=O)CN(c2ccccc2C)S(C)(=O)=O)cc1. The van der Waals surface area contributed by atoms with Gasteiger partial charge in [0.1, 0.15) is 6.54 Å². The first-order valence-corrected chi connectivity index (χ1v) is 12.2. The first-order chi connectivity index (χ1) is 13.3. The highest BCUT2D eigenvalue weighted by atomic mass is 32.2. The quantitative estimate of drug-likeness (QED) is 0.598. The van der Waals surface area contributed by atoms with Crippen LogP contribution < -0.4 is 9.62 Å². The van der Waals surface area contributed by atoms with Crippen LogP contribution >= 0.6 is 11.8 Å². The van der Waals surface area contributed by atoms with Crippen LogP contribution in [0.2, 0.25) is 0 Å². The summed E-state index contributed by atoms with van der Waals surface area (Å²) in [5.74, 6) is 1.59. The number of carbonyl (C=O) groups excluding carboxylic acids is 1. The fraction of sp³-hybridized carbons (Fsp3) is 0.381. The van der Waals surface area contributed by atoms with Crippen molar-refractivity contribution in [1.29, 1.82) is 0 Å². The molecule has 5 nitrogen and oxygen atoms in total. The molecule has 0 aliphatic carbocycles. The van der Waals surface area contributed by atoms with Gasteiger partial charge >= 0.3 is 0 Å². The van der Waals surface area contributed by atoms with Crippen molar-refractivity contribution in [1.82, 2.24) is 5.32 Å². The van der Waals surface area contributed by atoms with Crippen LogP contribution in [0.1, 0.15) is 23.1 Å². The van der Waals surface area contributed by atoms with Gasteiger partial charge in [0.15, 0.2) is 0 Å². The van der Waals surface area contributed by atoms with Crippen LogP contribution in [0, 0.1) is 13.8 Å². The summed E-state index contributed by atoms with van der Waals surface area (Å²) in [5.41, 5.74) is 3.90. The lowest BCUT2D eigenvalue weighted by Crippen LogP contribution is -2.41. The van der Waals surface area contributed by atoms with Gasteiger partial charge in [-0.1, -0.05) is 48.0 Å². The van der Waals surface area contributed by atoms with Crippen molar-refractivity contribution in [3.05, 3.63) is 65.2 Å². The predicted molar refractivity (Wildman–Crippen MR) is 118 cm³/mol. The lowest BCUT2D eigenvalue weighted by atomic mass is 10.2. The van der Waals surface area contributed by atoms with Gasteiger partial charge in [-0.25, -0.2) is 8.42 Å². The Morgan fingerprint density at radius 1 is 1.07 bits per heavy atom. The number of hydrogen-bond donors (Lipinski definition) is 1. The molecule has 0 saturated heterocycles. The summed E-state index contributed by atoms with van der Waals surface area (Å²) in [4.78, 5) is 12.2. The molecule has 0 radical (unpaired) electrons. The smallest absolute Gasteiger partial charge is 0.240 e. The molecule has 0 unspecified atom stereocenters. The first kappa shape index (κ1) is 22.3. The number of nitrogens with one attached hydrogen (secondary N) is 1. The van der Waals surface area contributed by atoms with Gasteiger partial charge in [0.25, 0.3) is 0 Å². The molecule has 0 aliphatic heterocycles. The van der Waals surface area contributed by atoms with Crippen molar-refractivity contribution < 1.29 is 13.2 Å². The minimum Gasteiger partial charge on any atom is -0.354 e. The van der Waals surface area contributed by atoms with E-state index in [9.17, 15) is 13.2 Å². The van der Waals surface area contributed by atoms with E-state index in [1.165, 1.54) is 11.1 Å². The number of rotatable bonds is 10. The molecule has 0 bridgehead atoms. The average Bonchev–Trinajstić information content (AvgIpc) is 2.64. The van der Waals surface area contributed by atoms with E-state index in [4.69, 9.17) is 0 Å². The van der Waals surface area contributed by atoms with Crippen molar-refractivity contribution in [2.24, 2.45) is 0 Å². The number of anilines is 1. The Labute approximate surface area is 172 Å². The minimum absolute atomic E-state index is 0.208. The molecule has 0 saturated carbocycles. The molecule has 0 atom stereocenters. The van der Waals surface area contributed by atoms with Gasteiger partial charge in [-0.05, 0) is 43.2 Å². The van der Waals surface area contributed by atoms with Crippen LogP contribution in [-0.2, 0) is 20.6 Å². The van der Waals surface area contributed by atoms with E-state index >= 15 is 0 Å². The van der Waals surface area contributed by atoms with Crippen molar-refractivity contribution in [3.8, 4) is 0 Å². The molecule has 0 spiro atoms. The van der Waals surface area contributed by atoms with E-state index in [1.54, 1.807) is 12.1 Å². The van der Waals surface area contributed by atoms with Crippen molar-refractivity contribution >= 4 is 33.4 Å². The summed E-state index contributed by atoms with van der Waals surface area (Å²) in [7, 11) is -3.54. The number of aryl methyl sites for hydroxylation is 2. The Kier molecular flexibility index (Phi) is 8.38.